The zero-order chi connectivity index (χ0) is 15.7. The van der Waals surface area contributed by atoms with Gasteiger partial charge in [0.15, 0.2) is 5.65 Å². The van der Waals surface area contributed by atoms with Gasteiger partial charge in [-0.05, 0) is 18.5 Å². The number of nitrogens with zero attached hydrogens (tertiary/aromatic N) is 1. The summed E-state index contributed by atoms with van der Waals surface area (Å²) in [6.07, 6.45) is 2.21. The lowest BCUT2D eigenvalue weighted by atomic mass is 10.1. The van der Waals surface area contributed by atoms with Gasteiger partial charge in [0.2, 0.25) is 0 Å². The molecular formula is C14H22N4O2SSi. The molecule has 0 saturated carbocycles. The Bertz CT molecular complexity index is 650. The van der Waals surface area contributed by atoms with Crippen molar-refractivity contribution in [3.05, 3.63) is 11.8 Å². The molecule has 6 nitrogen and oxygen atoms in total. The van der Waals surface area contributed by atoms with Crippen molar-refractivity contribution in [2.24, 2.45) is 0 Å². The Labute approximate surface area is 134 Å². The van der Waals surface area contributed by atoms with Gasteiger partial charge in [-0.25, -0.2) is 0 Å². The topological polar surface area (TPSA) is 79.0 Å². The quantitative estimate of drug-likeness (QED) is 0.751. The minimum atomic E-state index is -1.27. The van der Waals surface area contributed by atoms with Crippen LogP contribution in [0.1, 0.15) is 23.3 Å². The van der Waals surface area contributed by atoms with Gasteiger partial charge in [-0.1, -0.05) is 30.9 Å². The summed E-state index contributed by atoms with van der Waals surface area (Å²) < 4.78 is 6.03. The van der Waals surface area contributed by atoms with Crippen LogP contribution in [-0.2, 0) is 0 Å². The molecule has 0 aromatic carbocycles. The second-order valence-electron chi connectivity index (χ2n) is 6.41. The summed E-state index contributed by atoms with van der Waals surface area (Å²) in [6.45, 7) is 5.55. The molecule has 3 heterocycles. The van der Waals surface area contributed by atoms with E-state index in [0.717, 1.165) is 17.7 Å². The number of carbonyl (C=O) groups excluding carboxylic acids is 1. The Morgan fingerprint density at radius 2 is 2.36 bits per heavy atom. The smallest absolute Gasteiger partial charge is 0.275 e. The summed E-state index contributed by atoms with van der Waals surface area (Å²) in [5.41, 5.74) is 1.27. The predicted octanol–water partition coefficient (Wildman–Crippen LogP) is 2.32. The van der Waals surface area contributed by atoms with E-state index >= 15 is 0 Å². The lowest BCUT2D eigenvalue weighted by molar-refractivity contribution is 0.0931. The molecule has 1 saturated heterocycles. The maximum absolute atomic E-state index is 12.4. The fraction of sp³-hybridized carbons (Fsp3) is 0.571. The third-order valence-corrected chi connectivity index (χ3v) is 7.83. The highest BCUT2D eigenvalue weighted by Crippen LogP contribution is 2.27. The molecule has 0 radical (unpaired) electrons. The molecule has 1 aliphatic heterocycles. The molecule has 0 bridgehead atoms. The number of carbonyl (C=O) groups is 1. The maximum atomic E-state index is 12.4. The zero-order valence-electron chi connectivity index (χ0n) is 13.2. The molecule has 0 aliphatic carbocycles. The molecule has 1 aliphatic rings. The highest BCUT2D eigenvalue weighted by Gasteiger charge is 2.26. The van der Waals surface area contributed by atoms with Crippen molar-refractivity contribution in [1.29, 1.82) is 0 Å². The average Bonchev–Trinajstić information content (AvgIpc) is 2.97. The predicted molar refractivity (Wildman–Crippen MR) is 91.3 cm³/mol. The second kappa shape index (κ2) is 6.02. The van der Waals surface area contributed by atoms with Crippen LogP contribution in [0.5, 0.6) is 5.19 Å². The summed E-state index contributed by atoms with van der Waals surface area (Å²) >= 11 is 1.43. The standard InChI is InChI=1S/C14H22N4O2SSi/c1-20-14-18-12-11(21-14)7-10(17-12)13(19)16-9-5-4-6-22(2,3)15-8-9/h7,9,15,17H,4-6,8H2,1-3H3,(H,16,19)/t9-/m1/s1. The fourth-order valence-electron chi connectivity index (χ4n) is 2.77. The van der Waals surface area contributed by atoms with E-state index in [9.17, 15) is 4.79 Å². The van der Waals surface area contributed by atoms with E-state index in [1.165, 1.54) is 23.8 Å². The van der Waals surface area contributed by atoms with E-state index in [4.69, 9.17) is 4.74 Å². The summed E-state index contributed by atoms with van der Waals surface area (Å²) in [4.78, 5) is 23.4. The van der Waals surface area contributed by atoms with Crippen molar-refractivity contribution >= 4 is 35.8 Å². The van der Waals surface area contributed by atoms with E-state index in [2.05, 4.69) is 33.4 Å². The van der Waals surface area contributed by atoms with E-state index in [0.29, 0.717) is 16.5 Å². The van der Waals surface area contributed by atoms with E-state index < -0.39 is 8.24 Å². The molecule has 2 aromatic heterocycles. The number of H-pyrrole nitrogens is 1. The molecular weight excluding hydrogens is 316 g/mol. The van der Waals surface area contributed by atoms with Crippen LogP contribution >= 0.6 is 11.3 Å². The number of amides is 1. The Morgan fingerprint density at radius 1 is 1.55 bits per heavy atom. The van der Waals surface area contributed by atoms with E-state index in [1.54, 1.807) is 7.11 Å². The van der Waals surface area contributed by atoms with Crippen molar-refractivity contribution < 1.29 is 9.53 Å². The molecule has 0 spiro atoms. The Kier molecular flexibility index (Phi) is 4.24. The Balaban J connectivity index is 1.66. The normalized spacial score (nSPS) is 21.5. The Hall–Kier alpha value is -1.38. The van der Waals surface area contributed by atoms with Crippen molar-refractivity contribution in [3.63, 3.8) is 0 Å². The maximum Gasteiger partial charge on any atom is 0.275 e. The molecule has 3 N–H and O–H groups in total. The number of rotatable bonds is 3. The molecule has 3 rings (SSSR count). The van der Waals surface area contributed by atoms with Crippen LogP contribution in [0.2, 0.25) is 19.1 Å². The first-order valence-corrected chi connectivity index (χ1v) is 11.6. The molecule has 2 aromatic rings. The number of nitrogens with one attached hydrogen (secondary N) is 3. The van der Waals surface area contributed by atoms with Gasteiger partial charge in [-0.2, -0.15) is 4.98 Å². The fourth-order valence-corrected chi connectivity index (χ4v) is 5.61. The van der Waals surface area contributed by atoms with Crippen LogP contribution in [-0.4, -0.2) is 43.8 Å². The third-order valence-electron chi connectivity index (χ3n) is 4.10. The summed E-state index contributed by atoms with van der Waals surface area (Å²) in [5, 5.41) is 3.73. The summed E-state index contributed by atoms with van der Waals surface area (Å²) in [7, 11) is 0.322. The number of ether oxygens (including phenoxy) is 1. The molecule has 1 atom stereocenters. The molecule has 22 heavy (non-hydrogen) atoms. The lowest BCUT2D eigenvalue weighted by Crippen LogP contribution is -2.49. The van der Waals surface area contributed by atoms with Crippen LogP contribution in [0.4, 0.5) is 0 Å². The number of aromatic nitrogens is 2. The monoisotopic (exact) mass is 338 g/mol. The highest BCUT2D eigenvalue weighted by atomic mass is 32.1. The lowest BCUT2D eigenvalue weighted by Gasteiger charge is -2.22. The first kappa shape index (κ1) is 15.5. The Morgan fingerprint density at radius 3 is 3.09 bits per heavy atom. The van der Waals surface area contributed by atoms with Crippen LogP contribution in [0.25, 0.3) is 10.3 Å². The first-order valence-electron chi connectivity index (χ1n) is 7.56. The van der Waals surface area contributed by atoms with E-state index in [1.807, 2.05) is 6.07 Å². The zero-order valence-corrected chi connectivity index (χ0v) is 15.0. The number of methoxy groups -OCH3 is 1. The van der Waals surface area contributed by atoms with Crippen LogP contribution in [0, 0.1) is 0 Å². The van der Waals surface area contributed by atoms with Gasteiger partial charge >= 0.3 is 0 Å². The van der Waals surface area contributed by atoms with Crippen LogP contribution in [0.3, 0.4) is 0 Å². The van der Waals surface area contributed by atoms with Gasteiger partial charge in [0.05, 0.1) is 11.8 Å². The molecule has 1 amide bonds. The number of hydrogen-bond donors (Lipinski definition) is 3. The highest BCUT2D eigenvalue weighted by molar-refractivity contribution is 7.20. The molecule has 120 valence electrons. The van der Waals surface area contributed by atoms with Crippen molar-refractivity contribution in [2.75, 3.05) is 13.7 Å². The minimum absolute atomic E-state index is 0.0580. The second-order valence-corrected chi connectivity index (χ2v) is 12.0. The number of hydrogen-bond acceptors (Lipinski definition) is 5. The number of thiazole rings is 1. The number of aromatic amines is 1. The molecule has 8 heteroatoms. The van der Waals surface area contributed by atoms with Crippen molar-refractivity contribution in [1.82, 2.24) is 20.3 Å². The molecule has 1 fully saturated rings. The van der Waals surface area contributed by atoms with Crippen LogP contribution in [0.15, 0.2) is 6.07 Å². The van der Waals surface area contributed by atoms with Gasteiger partial charge in [-0.15, -0.1) is 0 Å². The van der Waals surface area contributed by atoms with Gasteiger partial charge in [0.25, 0.3) is 11.1 Å². The van der Waals surface area contributed by atoms with Crippen molar-refractivity contribution in [2.45, 2.75) is 38.0 Å². The summed E-state index contributed by atoms with van der Waals surface area (Å²) in [6, 6.07) is 3.31. The first-order chi connectivity index (χ1) is 10.5. The third kappa shape index (κ3) is 3.34. The van der Waals surface area contributed by atoms with Gasteiger partial charge in [0.1, 0.15) is 13.9 Å². The number of fused-ring (bicyclic) bond motifs is 1. The largest absolute Gasteiger partial charge is 0.473 e. The SMILES string of the molecule is COc1nc2[nH]c(C(=O)N[C@@H]3CCC[Si](C)(C)NC3)cc2s1. The van der Waals surface area contributed by atoms with Crippen LogP contribution < -0.4 is 15.0 Å². The van der Waals surface area contributed by atoms with Gasteiger partial charge in [-0.3, -0.25) is 4.79 Å². The molecule has 0 unspecified atom stereocenters. The van der Waals surface area contributed by atoms with Crippen molar-refractivity contribution in [3.8, 4) is 5.19 Å². The average molecular weight is 339 g/mol. The minimum Gasteiger partial charge on any atom is -0.473 e. The summed E-state index contributed by atoms with van der Waals surface area (Å²) in [5.74, 6) is -0.0580. The van der Waals surface area contributed by atoms with Gasteiger partial charge < -0.3 is 20.0 Å². The van der Waals surface area contributed by atoms with Gasteiger partial charge in [0, 0.05) is 12.6 Å². The van der Waals surface area contributed by atoms with E-state index in [-0.39, 0.29) is 11.9 Å².